The third kappa shape index (κ3) is 2.24. The molecule has 0 aliphatic carbocycles. The van der Waals surface area contributed by atoms with E-state index in [9.17, 15) is 4.39 Å². The first-order valence-corrected chi connectivity index (χ1v) is 6.39. The summed E-state index contributed by atoms with van der Waals surface area (Å²) >= 11 is 0. The molecule has 4 heteroatoms. The lowest BCUT2D eigenvalue weighted by Gasteiger charge is -2.07. The Morgan fingerprint density at radius 1 is 1.05 bits per heavy atom. The molecule has 0 bridgehead atoms. The fraction of sp³-hybridized carbons (Fsp3) is 0.0588. The van der Waals surface area contributed by atoms with Crippen LogP contribution in [0.5, 0.6) is 0 Å². The molecule has 3 rings (SSSR count). The summed E-state index contributed by atoms with van der Waals surface area (Å²) in [6, 6.07) is 16.0. The summed E-state index contributed by atoms with van der Waals surface area (Å²) in [5.74, 6) is -0.476. The molecule has 3 aromatic rings. The Morgan fingerprint density at radius 2 is 1.90 bits per heavy atom. The van der Waals surface area contributed by atoms with Crippen LogP contribution in [0.3, 0.4) is 0 Å². The molecule has 1 heterocycles. The fourth-order valence-corrected chi connectivity index (χ4v) is 2.38. The van der Waals surface area contributed by atoms with Gasteiger partial charge < -0.3 is 4.57 Å². The molecule has 0 amide bonds. The quantitative estimate of drug-likeness (QED) is 0.717. The number of nitriles is 2. The highest BCUT2D eigenvalue weighted by molar-refractivity contribution is 5.81. The molecule has 0 aliphatic heterocycles. The molecule has 100 valence electrons. The minimum absolute atomic E-state index is 0.0516. The van der Waals surface area contributed by atoms with Crippen molar-refractivity contribution in [2.45, 2.75) is 6.54 Å². The Kier molecular flexibility index (Phi) is 3.14. The highest BCUT2D eigenvalue weighted by Gasteiger charge is 2.09. The summed E-state index contributed by atoms with van der Waals surface area (Å²) in [4.78, 5) is 0. The van der Waals surface area contributed by atoms with Crippen LogP contribution in [0.2, 0.25) is 0 Å². The maximum absolute atomic E-state index is 14.1. The normalized spacial score (nSPS) is 10.2. The molecule has 3 nitrogen and oxygen atoms in total. The van der Waals surface area contributed by atoms with Gasteiger partial charge in [-0.1, -0.05) is 12.1 Å². The highest BCUT2D eigenvalue weighted by atomic mass is 19.1. The maximum Gasteiger partial charge on any atom is 0.145 e. The van der Waals surface area contributed by atoms with Gasteiger partial charge in [0.25, 0.3) is 0 Å². The molecule has 0 fully saturated rings. The van der Waals surface area contributed by atoms with E-state index < -0.39 is 5.82 Å². The SMILES string of the molecule is N#Cc1ccc2c(ccn2Cc2cccc(C#N)c2F)c1. The van der Waals surface area contributed by atoms with E-state index >= 15 is 0 Å². The number of benzene rings is 2. The van der Waals surface area contributed by atoms with Gasteiger partial charge in [-0.3, -0.25) is 0 Å². The Labute approximate surface area is 121 Å². The second-order valence-electron chi connectivity index (χ2n) is 4.72. The van der Waals surface area contributed by atoms with E-state index in [-0.39, 0.29) is 5.56 Å². The maximum atomic E-state index is 14.1. The van der Waals surface area contributed by atoms with Crippen LogP contribution in [-0.2, 0) is 6.54 Å². The van der Waals surface area contributed by atoms with Crippen molar-refractivity contribution in [3.63, 3.8) is 0 Å². The summed E-state index contributed by atoms with van der Waals surface area (Å²) in [5, 5.41) is 18.7. The second kappa shape index (κ2) is 5.11. The van der Waals surface area contributed by atoms with Crippen molar-refractivity contribution in [1.29, 1.82) is 10.5 Å². The lowest BCUT2D eigenvalue weighted by Crippen LogP contribution is -2.02. The minimum Gasteiger partial charge on any atom is -0.343 e. The van der Waals surface area contributed by atoms with Crippen LogP contribution in [0, 0.1) is 28.5 Å². The molecule has 1 aromatic heterocycles. The molecule has 0 saturated carbocycles. The molecule has 21 heavy (non-hydrogen) atoms. The summed E-state index contributed by atoms with van der Waals surface area (Å²) in [6.07, 6.45) is 1.85. The van der Waals surface area contributed by atoms with Crippen LogP contribution in [0.4, 0.5) is 4.39 Å². The van der Waals surface area contributed by atoms with Gasteiger partial charge in [0.1, 0.15) is 11.9 Å². The summed E-state index contributed by atoms with van der Waals surface area (Å²) in [6.45, 7) is 0.344. The number of hydrogen-bond donors (Lipinski definition) is 0. The first-order chi connectivity index (χ1) is 10.2. The van der Waals surface area contributed by atoms with Crippen molar-refractivity contribution in [2.24, 2.45) is 0 Å². The molecular formula is C17H10FN3. The second-order valence-corrected chi connectivity index (χ2v) is 4.72. The predicted octanol–water partition coefficient (Wildman–Crippen LogP) is 3.57. The van der Waals surface area contributed by atoms with Crippen molar-refractivity contribution in [3.05, 3.63) is 71.2 Å². The third-order valence-electron chi connectivity index (χ3n) is 3.44. The Morgan fingerprint density at radius 3 is 2.67 bits per heavy atom. The smallest absolute Gasteiger partial charge is 0.145 e. The number of rotatable bonds is 2. The van der Waals surface area contributed by atoms with Crippen LogP contribution in [0.1, 0.15) is 16.7 Å². The summed E-state index contributed by atoms with van der Waals surface area (Å²) in [7, 11) is 0. The molecular weight excluding hydrogens is 265 g/mol. The number of hydrogen-bond acceptors (Lipinski definition) is 2. The van der Waals surface area contributed by atoms with Crippen molar-refractivity contribution < 1.29 is 4.39 Å². The van der Waals surface area contributed by atoms with Crippen LogP contribution in [0.15, 0.2) is 48.7 Å². The summed E-state index contributed by atoms with van der Waals surface area (Å²) in [5.41, 5.74) is 2.04. The van der Waals surface area contributed by atoms with E-state index in [1.54, 1.807) is 24.3 Å². The Hall–Kier alpha value is -3.11. The fourth-order valence-electron chi connectivity index (χ4n) is 2.38. The first kappa shape index (κ1) is 12.9. The van der Waals surface area contributed by atoms with E-state index in [1.165, 1.54) is 6.07 Å². The van der Waals surface area contributed by atoms with E-state index in [4.69, 9.17) is 10.5 Å². The number of nitrogens with zero attached hydrogens (tertiary/aromatic N) is 3. The molecule has 2 aromatic carbocycles. The van der Waals surface area contributed by atoms with E-state index in [0.717, 1.165) is 10.9 Å². The van der Waals surface area contributed by atoms with Gasteiger partial charge in [-0.15, -0.1) is 0 Å². The molecule has 0 saturated heterocycles. The van der Waals surface area contributed by atoms with Gasteiger partial charge in [-0.25, -0.2) is 4.39 Å². The van der Waals surface area contributed by atoms with Crippen molar-refractivity contribution in [2.75, 3.05) is 0 Å². The van der Waals surface area contributed by atoms with Crippen molar-refractivity contribution in [3.8, 4) is 12.1 Å². The Balaban J connectivity index is 2.04. The lowest BCUT2D eigenvalue weighted by atomic mass is 10.1. The standard InChI is InChI=1S/C17H10FN3/c18-17-14(10-20)2-1-3-15(17)11-21-7-6-13-8-12(9-19)4-5-16(13)21/h1-8H,11H2. The van der Waals surface area contributed by atoms with Crippen molar-refractivity contribution >= 4 is 10.9 Å². The van der Waals surface area contributed by atoms with Gasteiger partial charge in [-0.2, -0.15) is 10.5 Å². The Bertz CT molecular complexity index is 910. The highest BCUT2D eigenvalue weighted by Crippen LogP contribution is 2.20. The zero-order valence-electron chi connectivity index (χ0n) is 11.0. The minimum atomic E-state index is -0.476. The molecule has 0 N–H and O–H groups in total. The average Bonchev–Trinajstić information content (AvgIpc) is 2.91. The predicted molar refractivity (Wildman–Crippen MR) is 76.9 cm³/mol. The topological polar surface area (TPSA) is 52.5 Å². The van der Waals surface area contributed by atoms with Gasteiger partial charge in [-0.05, 0) is 30.3 Å². The van der Waals surface area contributed by atoms with Crippen LogP contribution in [-0.4, -0.2) is 4.57 Å². The van der Waals surface area contributed by atoms with Gasteiger partial charge in [0.05, 0.1) is 23.7 Å². The van der Waals surface area contributed by atoms with Gasteiger partial charge in [0.15, 0.2) is 0 Å². The molecule has 0 radical (unpaired) electrons. The number of halogens is 1. The summed E-state index contributed by atoms with van der Waals surface area (Å²) < 4.78 is 16.0. The number of aromatic nitrogens is 1. The van der Waals surface area contributed by atoms with Crippen molar-refractivity contribution in [1.82, 2.24) is 4.57 Å². The van der Waals surface area contributed by atoms with Gasteiger partial charge in [0, 0.05) is 22.7 Å². The zero-order valence-corrected chi connectivity index (χ0v) is 11.0. The molecule has 0 unspecified atom stereocenters. The van der Waals surface area contributed by atoms with E-state index in [2.05, 4.69) is 6.07 Å². The molecule has 0 spiro atoms. The lowest BCUT2D eigenvalue weighted by molar-refractivity contribution is 0.598. The van der Waals surface area contributed by atoms with Gasteiger partial charge >= 0.3 is 0 Å². The zero-order chi connectivity index (χ0) is 14.8. The largest absolute Gasteiger partial charge is 0.343 e. The first-order valence-electron chi connectivity index (χ1n) is 6.39. The average molecular weight is 275 g/mol. The molecule has 0 atom stereocenters. The van der Waals surface area contributed by atoms with Crippen LogP contribution >= 0.6 is 0 Å². The number of fused-ring (bicyclic) bond motifs is 1. The van der Waals surface area contributed by atoms with E-state index in [0.29, 0.717) is 17.7 Å². The van der Waals surface area contributed by atoms with E-state index in [1.807, 2.05) is 29.0 Å². The third-order valence-corrected chi connectivity index (χ3v) is 3.44. The van der Waals surface area contributed by atoms with Crippen LogP contribution < -0.4 is 0 Å². The monoisotopic (exact) mass is 275 g/mol. The van der Waals surface area contributed by atoms with Crippen LogP contribution in [0.25, 0.3) is 10.9 Å². The van der Waals surface area contributed by atoms with Gasteiger partial charge in [0.2, 0.25) is 0 Å². The molecule has 0 aliphatic rings.